The van der Waals surface area contributed by atoms with Crippen molar-refractivity contribution < 1.29 is 19.1 Å². The van der Waals surface area contributed by atoms with Crippen LogP contribution in [0.2, 0.25) is 0 Å². The molecule has 0 spiro atoms. The number of nitrogens with one attached hydrogen (secondary N) is 1. The molecule has 0 bridgehead atoms. The largest absolute Gasteiger partial charge is 0.495 e. The summed E-state index contributed by atoms with van der Waals surface area (Å²) in [5.74, 6) is -0.587. The molecule has 1 atom stereocenters. The van der Waals surface area contributed by atoms with Crippen LogP contribution in [0.15, 0.2) is 54.9 Å². The maximum absolute atomic E-state index is 12.4. The summed E-state index contributed by atoms with van der Waals surface area (Å²) >= 11 is 0. The molecule has 1 aromatic heterocycles. The number of benzene rings is 2. The number of rotatable bonds is 6. The molecular weight excluding hydrogens is 350 g/mol. The molecule has 0 saturated heterocycles. The van der Waals surface area contributed by atoms with Crippen LogP contribution in [-0.4, -0.2) is 45.3 Å². The van der Waals surface area contributed by atoms with Crippen LogP contribution in [0, 0.1) is 0 Å². The molecule has 1 amide bonds. The number of tetrazole rings is 1. The molecule has 9 nitrogen and oxygen atoms in total. The number of methoxy groups -OCH3 is 1. The minimum Gasteiger partial charge on any atom is -0.495 e. The fourth-order valence-corrected chi connectivity index (χ4v) is 2.32. The second-order valence-corrected chi connectivity index (χ2v) is 5.54. The third-order valence-electron chi connectivity index (χ3n) is 3.71. The Morgan fingerprint density at radius 1 is 1.15 bits per heavy atom. The zero-order valence-electron chi connectivity index (χ0n) is 14.7. The van der Waals surface area contributed by atoms with E-state index in [4.69, 9.17) is 9.47 Å². The highest BCUT2D eigenvalue weighted by Crippen LogP contribution is 2.23. The fourth-order valence-electron chi connectivity index (χ4n) is 2.32. The topological polar surface area (TPSA) is 108 Å². The molecule has 138 valence electrons. The van der Waals surface area contributed by atoms with Gasteiger partial charge in [-0.25, -0.2) is 9.48 Å². The van der Waals surface area contributed by atoms with Crippen molar-refractivity contribution in [3.05, 3.63) is 60.4 Å². The Morgan fingerprint density at radius 2 is 1.96 bits per heavy atom. The lowest BCUT2D eigenvalue weighted by atomic mass is 10.2. The summed E-state index contributed by atoms with van der Waals surface area (Å²) in [6.45, 7) is 1.49. The number of hydrogen-bond donors (Lipinski definition) is 1. The standard InChI is InChI=1S/C18H17N5O4/c1-12(17(24)20-15-8-3-4-9-16(15)26-2)27-18(25)13-6-5-7-14(10-13)23-11-19-21-22-23/h3-12H,1-2H3,(H,20,24)/t12-/m0/s1. The van der Waals surface area contributed by atoms with Crippen molar-refractivity contribution in [1.29, 1.82) is 0 Å². The van der Waals surface area contributed by atoms with Crippen LogP contribution in [-0.2, 0) is 9.53 Å². The first-order valence-electron chi connectivity index (χ1n) is 8.07. The van der Waals surface area contributed by atoms with Gasteiger partial charge in [-0.3, -0.25) is 4.79 Å². The Labute approximate surface area is 154 Å². The third-order valence-corrected chi connectivity index (χ3v) is 3.71. The first kappa shape index (κ1) is 18.1. The monoisotopic (exact) mass is 367 g/mol. The van der Waals surface area contributed by atoms with E-state index in [-0.39, 0.29) is 5.56 Å². The number of esters is 1. The molecule has 9 heteroatoms. The third kappa shape index (κ3) is 4.27. The van der Waals surface area contributed by atoms with Gasteiger partial charge in [-0.15, -0.1) is 5.10 Å². The van der Waals surface area contributed by atoms with Gasteiger partial charge in [-0.1, -0.05) is 18.2 Å². The second kappa shape index (κ2) is 8.09. The Bertz CT molecular complexity index is 942. The average Bonchev–Trinajstić information content (AvgIpc) is 3.23. The molecule has 1 N–H and O–H groups in total. The first-order valence-corrected chi connectivity index (χ1v) is 8.07. The minimum absolute atomic E-state index is 0.278. The molecule has 3 aromatic rings. The summed E-state index contributed by atoms with van der Waals surface area (Å²) in [7, 11) is 1.51. The van der Waals surface area contributed by atoms with Crippen molar-refractivity contribution in [1.82, 2.24) is 20.2 Å². The van der Waals surface area contributed by atoms with Gasteiger partial charge in [-0.05, 0) is 47.7 Å². The fraction of sp³-hybridized carbons (Fsp3) is 0.167. The molecule has 1 heterocycles. The normalized spacial score (nSPS) is 11.5. The highest BCUT2D eigenvalue weighted by Gasteiger charge is 2.20. The maximum Gasteiger partial charge on any atom is 0.338 e. The van der Waals surface area contributed by atoms with E-state index in [9.17, 15) is 9.59 Å². The van der Waals surface area contributed by atoms with E-state index < -0.39 is 18.0 Å². The number of anilines is 1. The summed E-state index contributed by atoms with van der Waals surface area (Å²) < 4.78 is 11.9. The summed E-state index contributed by atoms with van der Waals surface area (Å²) in [4.78, 5) is 24.7. The van der Waals surface area contributed by atoms with E-state index in [2.05, 4.69) is 20.8 Å². The molecule has 0 aliphatic carbocycles. The number of carbonyl (C=O) groups is 2. The van der Waals surface area contributed by atoms with E-state index in [0.717, 1.165) is 0 Å². The van der Waals surface area contributed by atoms with Gasteiger partial charge in [0, 0.05) is 0 Å². The average molecular weight is 367 g/mol. The molecule has 0 radical (unpaired) electrons. The SMILES string of the molecule is COc1ccccc1NC(=O)[C@H](C)OC(=O)c1cccc(-n2cnnn2)c1. The minimum atomic E-state index is -1.00. The number of hydrogen-bond acceptors (Lipinski definition) is 7. The Kier molecular flexibility index (Phi) is 5.41. The van der Waals surface area contributed by atoms with Crippen LogP contribution in [0.1, 0.15) is 17.3 Å². The lowest BCUT2D eigenvalue weighted by Gasteiger charge is -2.15. The van der Waals surface area contributed by atoms with Crippen molar-refractivity contribution in [3.63, 3.8) is 0 Å². The highest BCUT2D eigenvalue weighted by molar-refractivity contribution is 5.98. The lowest BCUT2D eigenvalue weighted by molar-refractivity contribution is -0.123. The summed E-state index contributed by atoms with van der Waals surface area (Å²) in [5, 5.41) is 13.6. The number of nitrogens with zero attached hydrogens (tertiary/aromatic N) is 4. The Hall–Kier alpha value is -3.75. The molecule has 3 rings (SSSR count). The molecule has 0 unspecified atom stereocenters. The molecule has 0 saturated carbocycles. The van der Waals surface area contributed by atoms with Gasteiger partial charge in [-0.2, -0.15) is 0 Å². The molecule has 0 fully saturated rings. The number of ether oxygens (including phenoxy) is 2. The van der Waals surface area contributed by atoms with Crippen molar-refractivity contribution >= 4 is 17.6 Å². The van der Waals surface area contributed by atoms with Gasteiger partial charge >= 0.3 is 5.97 Å². The Morgan fingerprint density at radius 3 is 2.70 bits per heavy atom. The number of para-hydroxylation sites is 2. The van der Waals surface area contributed by atoms with Crippen molar-refractivity contribution in [2.45, 2.75) is 13.0 Å². The van der Waals surface area contributed by atoms with E-state index >= 15 is 0 Å². The summed E-state index contributed by atoms with van der Waals surface area (Å²) in [6, 6.07) is 13.5. The zero-order chi connectivity index (χ0) is 19.2. The van der Waals surface area contributed by atoms with Gasteiger partial charge in [0.05, 0.1) is 24.0 Å². The van der Waals surface area contributed by atoms with Gasteiger partial charge in [0.25, 0.3) is 5.91 Å². The van der Waals surface area contributed by atoms with E-state index in [1.165, 1.54) is 25.0 Å². The molecule has 27 heavy (non-hydrogen) atoms. The molecule has 0 aliphatic heterocycles. The predicted molar refractivity (Wildman–Crippen MR) is 95.7 cm³/mol. The number of carbonyl (C=O) groups excluding carboxylic acids is 2. The molecule has 0 aliphatic rings. The number of amides is 1. The van der Waals surface area contributed by atoms with Crippen LogP contribution < -0.4 is 10.1 Å². The van der Waals surface area contributed by atoms with Crippen LogP contribution in [0.5, 0.6) is 5.75 Å². The molecular formula is C18H17N5O4. The zero-order valence-corrected chi connectivity index (χ0v) is 14.7. The van der Waals surface area contributed by atoms with Gasteiger partial charge in [0.15, 0.2) is 6.10 Å². The predicted octanol–water partition coefficient (Wildman–Crippen LogP) is 1.85. The highest BCUT2D eigenvalue weighted by atomic mass is 16.5. The summed E-state index contributed by atoms with van der Waals surface area (Å²) in [6.07, 6.45) is 0.410. The Balaban J connectivity index is 1.67. The van der Waals surface area contributed by atoms with Crippen LogP contribution in [0.3, 0.4) is 0 Å². The lowest BCUT2D eigenvalue weighted by Crippen LogP contribution is -2.30. The van der Waals surface area contributed by atoms with Crippen LogP contribution in [0.25, 0.3) is 5.69 Å². The number of aromatic nitrogens is 4. The maximum atomic E-state index is 12.4. The van der Waals surface area contributed by atoms with Crippen molar-refractivity contribution in [2.75, 3.05) is 12.4 Å². The van der Waals surface area contributed by atoms with E-state index in [1.807, 2.05) is 0 Å². The van der Waals surface area contributed by atoms with Crippen LogP contribution in [0.4, 0.5) is 5.69 Å². The van der Waals surface area contributed by atoms with Crippen molar-refractivity contribution in [3.8, 4) is 11.4 Å². The van der Waals surface area contributed by atoms with Gasteiger partial charge in [0.2, 0.25) is 0 Å². The molecule has 2 aromatic carbocycles. The van der Waals surface area contributed by atoms with Gasteiger partial charge < -0.3 is 14.8 Å². The van der Waals surface area contributed by atoms with Crippen LogP contribution >= 0.6 is 0 Å². The smallest absolute Gasteiger partial charge is 0.338 e. The van der Waals surface area contributed by atoms with E-state index in [0.29, 0.717) is 17.1 Å². The van der Waals surface area contributed by atoms with Crippen molar-refractivity contribution in [2.24, 2.45) is 0 Å². The summed E-state index contributed by atoms with van der Waals surface area (Å²) in [5.41, 5.74) is 1.37. The second-order valence-electron chi connectivity index (χ2n) is 5.54. The van der Waals surface area contributed by atoms with E-state index in [1.54, 1.807) is 48.5 Å². The quantitative estimate of drug-likeness (QED) is 0.662. The van der Waals surface area contributed by atoms with Gasteiger partial charge in [0.1, 0.15) is 12.1 Å². The first-order chi connectivity index (χ1) is 13.1.